The molecule has 1 aromatic heterocycles. The zero-order valence-electron chi connectivity index (χ0n) is 11.5. The second kappa shape index (κ2) is 5.64. The van der Waals surface area contributed by atoms with Gasteiger partial charge in [0, 0.05) is 12.1 Å². The third-order valence-electron chi connectivity index (χ3n) is 2.97. The lowest BCUT2D eigenvalue weighted by molar-refractivity contribution is 0.414. The Kier molecular flexibility index (Phi) is 4.10. The molecule has 0 fully saturated rings. The number of rotatable bonds is 5. The lowest BCUT2D eigenvalue weighted by Crippen LogP contribution is -2.24. The zero-order valence-corrected chi connectivity index (χ0v) is 12.3. The van der Waals surface area contributed by atoms with Gasteiger partial charge in [-0.2, -0.15) is 0 Å². The summed E-state index contributed by atoms with van der Waals surface area (Å²) in [4.78, 5) is 0.229. The number of nitrogens with one attached hydrogen (secondary N) is 1. The fourth-order valence-corrected chi connectivity index (χ4v) is 3.01. The summed E-state index contributed by atoms with van der Waals surface area (Å²) in [5.41, 5.74) is 2.00. The molecule has 0 spiro atoms. The van der Waals surface area contributed by atoms with Gasteiger partial charge in [-0.15, -0.1) is 0 Å². The standard InChI is InChI=1S/C13H16N2O4S/c1-9-6-12(18-3)4-5-13(9)20(16,17)14-7-11-8-19-15-10(11)2/h4-6,8,14H,7H2,1-3H3. The van der Waals surface area contributed by atoms with Gasteiger partial charge in [0.2, 0.25) is 10.0 Å². The summed E-state index contributed by atoms with van der Waals surface area (Å²) in [5, 5.41) is 3.70. The molecule has 0 aliphatic heterocycles. The van der Waals surface area contributed by atoms with Crippen LogP contribution in [0.25, 0.3) is 0 Å². The van der Waals surface area contributed by atoms with Crippen LogP contribution < -0.4 is 9.46 Å². The van der Waals surface area contributed by atoms with E-state index in [1.165, 1.54) is 19.4 Å². The summed E-state index contributed by atoms with van der Waals surface area (Å²) in [7, 11) is -2.05. The van der Waals surface area contributed by atoms with Gasteiger partial charge in [-0.25, -0.2) is 13.1 Å². The monoisotopic (exact) mass is 296 g/mol. The first-order valence-electron chi connectivity index (χ1n) is 5.98. The van der Waals surface area contributed by atoms with Crippen LogP contribution >= 0.6 is 0 Å². The maximum Gasteiger partial charge on any atom is 0.241 e. The molecule has 1 aromatic carbocycles. The molecule has 0 bridgehead atoms. The van der Waals surface area contributed by atoms with Crippen molar-refractivity contribution in [1.82, 2.24) is 9.88 Å². The third-order valence-corrected chi connectivity index (χ3v) is 4.54. The van der Waals surface area contributed by atoms with E-state index in [0.717, 1.165) is 0 Å². The number of sulfonamides is 1. The molecule has 108 valence electrons. The Hall–Kier alpha value is -1.86. The number of ether oxygens (including phenoxy) is 1. The van der Waals surface area contributed by atoms with Crippen LogP contribution in [0.4, 0.5) is 0 Å². The molecule has 2 rings (SSSR count). The lowest BCUT2D eigenvalue weighted by atomic mass is 10.2. The molecular formula is C13H16N2O4S. The first-order valence-corrected chi connectivity index (χ1v) is 7.46. The summed E-state index contributed by atoms with van der Waals surface area (Å²) in [5.74, 6) is 0.622. The number of methoxy groups -OCH3 is 1. The average molecular weight is 296 g/mol. The van der Waals surface area contributed by atoms with Gasteiger partial charge >= 0.3 is 0 Å². The minimum Gasteiger partial charge on any atom is -0.497 e. The Morgan fingerprint density at radius 1 is 1.35 bits per heavy atom. The van der Waals surface area contributed by atoms with Crippen LogP contribution in [0.5, 0.6) is 5.75 Å². The van der Waals surface area contributed by atoms with Crippen molar-refractivity contribution >= 4 is 10.0 Å². The normalized spacial score (nSPS) is 11.6. The Labute approximate surface area is 117 Å². The second-order valence-corrected chi connectivity index (χ2v) is 6.12. The summed E-state index contributed by atoms with van der Waals surface area (Å²) < 4.78 is 36.9. The molecule has 0 amide bonds. The average Bonchev–Trinajstić information content (AvgIpc) is 2.81. The van der Waals surface area contributed by atoms with E-state index in [2.05, 4.69) is 9.88 Å². The van der Waals surface area contributed by atoms with Crippen molar-refractivity contribution < 1.29 is 17.7 Å². The number of hydrogen-bond donors (Lipinski definition) is 1. The summed E-state index contributed by atoms with van der Waals surface area (Å²) in [6, 6.07) is 4.82. The summed E-state index contributed by atoms with van der Waals surface area (Å²) in [6.45, 7) is 3.62. The highest BCUT2D eigenvalue weighted by Crippen LogP contribution is 2.21. The van der Waals surface area contributed by atoms with Crippen molar-refractivity contribution in [3.8, 4) is 5.75 Å². The SMILES string of the molecule is COc1ccc(S(=O)(=O)NCc2conc2C)c(C)c1. The van der Waals surface area contributed by atoms with E-state index in [1.54, 1.807) is 26.0 Å². The second-order valence-electron chi connectivity index (χ2n) is 4.38. The molecule has 1 heterocycles. The van der Waals surface area contributed by atoms with Gasteiger partial charge < -0.3 is 9.26 Å². The van der Waals surface area contributed by atoms with Crippen molar-refractivity contribution in [3.63, 3.8) is 0 Å². The fourth-order valence-electron chi connectivity index (χ4n) is 1.78. The first-order chi connectivity index (χ1) is 9.44. The van der Waals surface area contributed by atoms with Crippen molar-refractivity contribution in [3.05, 3.63) is 41.3 Å². The molecule has 0 atom stereocenters. The van der Waals surface area contributed by atoms with Gasteiger partial charge in [0.25, 0.3) is 0 Å². The molecule has 0 saturated carbocycles. The Balaban J connectivity index is 2.20. The van der Waals surface area contributed by atoms with E-state index >= 15 is 0 Å². The van der Waals surface area contributed by atoms with Crippen LogP contribution in [0.3, 0.4) is 0 Å². The van der Waals surface area contributed by atoms with Crippen LogP contribution in [-0.2, 0) is 16.6 Å². The maximum atomic E-state index is 12.3. The first kappa shape index (κ1) is 14.5. The number of aromatic nitrogens is 1. The number of nitrogens with zero attached hydrogens (tertiary/aromatic N) is 1. The highest BCUT2D eigenvalue weighted by molar-refractivity contribution is 7.89. The molecular weight excluding hydrogens is 280 g/mol. The quantitative estimate of drug-likeness (QED) is 0.909. The highest BCUT2D eigenvalue weighted by Gasteiger charge is 2.17. The molecule has 2 aromatic rings. The van der Waals surface area contributed by atoms with Gasteiger partial charge in [0.15, 0.2) is 0 Å². The molecule has 0 radical (unpaired) electrons. The van der Waals surface area contributed by atoms with Gasteiger partial charge in [0.1, 0.15) is 12.0 Å². The fraction of sp³-hybridized carbons (Fsp3) is 0.308. The Morgan fingerprint density at radius 2 is 2.10 bits per heavy atom. The maximum absolute atomic E-state index is 12.3. The minimum atomic E-state index is -3.58. The molecule has 0 aliphatic carbocycles. The largest absolute Gasteiger partial charge is 0.497 e. The van der Waals surface area contributed by atoms with E-state index in [0.29, 0.717) is 22.6 Å². The molecule has 0 aliphatic rings. The number of benzene rings is 1. The molecule has 6 nitrogen and oxygen atoms in total. The van der Waals surface area contributed by atoms with Gasteiger partial charge in [-0.1, -0.05) is 5.16 Å². The predicted octanol–water partition coefficient (Wildman–Crippen LogP) is 1.78. The van der Waals surface area contributed by atoms with Crippen molar-refractivity contribution in [2.75, 3.05) is 7.11 Å². The van der Waals surface area contributed by atoms with Crippen LogP contribution in [-0.4, -0.2) is 20.7 Å². The topological polar surface area (TPSA) is 81.4 Å². The van der Waals surface area contributed by atoms with E-state index in [9.17, 15) is 8.42 Å². The van der Waals surface area contributed by atoms with E-state index in [1.807, 2.05) is 0 Å². The van der Waals surface area contributed by atoms with E-state index < -0.39 is 10.0 Å². The predicted molar refractivity (Wildman–Crippen MR) is 73.0 cm³/mol. The zero-order chi connectivity index (χ0) is 14.8. The minimum absolute atomic E-state index is 0.142. The van der Waals surface area contributed by atoms with Crippen molar-refractivity contribution in [2.45, 2.75) is 25.3 Å². The molecule has 0 unspecified atom stereocenters. The van der Waals surface area contributed by atoms with Crippen LogP contribution in [0.1, 0.15) is 16.8 Å². The van der Waals surface area contributed by atoms with Crippen molar-refractivity contribution in [1.29, 1.82) is 0 Å². The number of aryl methyl sites for hydroxylation is 2. The summed E-state index contributed by atoms with van der Waals surface area (Å²) in [6.07, 6.45) is 1.43. The molecule has 0 saturated heterocycles. The highest BCUT2D eigenvalue weighted by atomic mass is 32.2. The smallest absolute Gasteiger partial charge is 0.241 e. The Bertz CT molecular complexity index is 707. The summed E-state index contributed by atoms with van der Waals surface area (Å²) >= 11 is 0. The number of hydrogen-bond acceptors (Lipinski definition) is 5. The van der Waals surface area contributed by atoms with Gasteiger partial charge in [0.05, 0.1) is 17.7 Å². The molecule has 7 heteroatoms. The lowest BCUT2D eigenvalue weighted by Gasteiger charge is -2.10. The molecule has 20 heavy (non-hydrogen) atoms. The van der Waals surface area contributed by atoms with E-state index in [-0.39, 0.29) is 11.4 Å². The van der Waals surface area contributed by atoms with E-state index in [4.69, 9.17) is 9.26 Å². The Morgan fingerprint density at radius 3 is 2.65 bits per heavy atom. The van der Waals surface area contributed by atoms with Crippen LogP contribution in [0.15, 0.2) is 33.9 Å². The van der Waals surface area contributed by atoms with Crippen molar-refractivity contribution in [2.24, 2.45) is 0 Å². The van der Waals surface area contributed by atoms with Gasteiger partial charge in [-0.05, 0) is 37.6 Å². The van der Waals surface area contributed by atoms with Gasteiger partial charge in [-0.3, -0.25) is 0 Å². The van der Waals surface area contributed by atoms with Crippen LogP contribution in [0, 0.1) is 13.8 Å². The van der Waals surface area contributed by atoms with Crippen LogP contribution in [0.2, 0.25) is 0 Å². The third kappa shape index (κ3) is 3.00. The molecule has 1 N–H and O–H groups in total.